The number of anilines is 2. The van der Waals surface area contributed by atoms with Gasteiger partial charge in [0.2, 0.25) is 0 Å². The van der Waals surface area contributed by atoms with Crippen LogP contribution in [-0.2, 0) is 18.3 Å². The Kier molecular flexibility index (Phi) is 4.43. The molecule has 2 heterocycles. The van der Waals surface area contributed by atoms with Gasteiger partial charge in [-0.1, -0.05) is 30.3 Å². The average Bonchev–Trinajstić information content (AvgIpc) is 2.94. The first-order valence-corrected chi connectivity index (χ1v) is 8.36. The second-order valence-electron chi connectivity index (χ2n) is 6.78. The van der Waals surface area contributed by atoms with Gasteiger partial charge in [-0.3, -0.25) is 13.9 Å². The van der Waals surface area contributed by atoms with E-state index in [0.717, 1.165) is 16.6 Å². The number of hydrogen-bond acceptors (Lipinski definition) is 5. The Hall–Kier alpha value is -2.54. The molecule has 0 radical (unpaired) electrons. The Bertz CT molecular complexity index is 888. The van der Waals surface area contributed by atoms with Crippen molar-refractivity contribution >= 4 is 11.5 Å². The minimum atomic E-state index is -0.433. The maximum atomic E-state index is 12.6. The predicted octanol–water partition coefficient (Wildman–Crippen LogP) is 1.16. The molecule has 0 bridgehead atoms. The molecule has 134 valence electrons. The van der Waals surface area contributed by atoms with E-state index in [1.807, 2.05) is 44.2 Å². The topological polar surface area (TPSA) is 91.3 Å². The lowest BCUT2D eigenvalue weighted by Gasteiger charge is -2.30. The third-order valence-electron chi connectivity index (χ3n) is 5.06. The normalized spacial score (nSPS) is 22.9. The molecule has 0 saturated carbocycles. The zero-order valence-electron chi connectivity index (χ0n) is 14.8. The summed E-state index contributed by atoms with van der Waals surface area (Å²) in [5.41, 5.74) is 6.15. The Morgan fingerprint density at radius 2 is 2.00 bits per heavy atom. The summed E-state index contributed by atoms with van der Waals surface area (Å²) in [5, 5.41) is 3.25. The fourth-order valence-electron chi connectivity index (χ4n) is 3.10. The van der Waals surface area contributed by atoms with Crippen LogP contribution in [0.5, 0.6) is 0 Å². The van der Waals surface area contributed by atoms with Crippen LogP contribution >= 0.6 is 0 Å². The Morgan fingerprint density at radius 1 is 1.32 bits per heavy atom. The number of ether oxygens (including phenoxy) is 1. The highest BCUT2D eigenvalue weighted by atomic mass is 16.5. The summed E-state index contributed by atoms with van der Waals surface area (Å²) in [4.78, 5) is 25.2. The largest absolute Gasteiger partial charge is 0.383 e. The van der Waals surface area contributed by atoms with Crippen LogP contribution in [0, 0.1) is 0 Å². The van der Waals surface area contributed by atoms with Crippen molar-refractivity contribution in [3.05, 3.63) is 56.7 Å². The summed E-state index contributed by atoms with van der Waals surface area (Å²) in [5.74, 6) is 0.150. The molecule has 1 fully saturated rings. The number of hydrogen-bond donors (Lipinski definition) is 2. The predicted molar refractivity (Wildman–Crippen MR) is 98.0 cm³/mol. The smallest absolute Gasteiger partial charge is 0.332 e. The molecule has 2 aromatic rings. The van der Waals surface area contributed by atoms with Gasteiger partial charge < -0.3 is 15.8 Å². The molecule has 1 aromatic heterocycles. The van der Waals surface area contributed by atoms with E-state index >= 15 is 0 Å². The number of benzene rings is 1. The first-order valence-electron chi connectivity index (χ1n) is 8.36. The van der Waals surface area contributed by atoms with Gasteiger partial charge >= 0.3 is 5.69 Å². The highest BCUT2D eigenvalue weighted by Crippen LogP contribution is 2.30. The van der Waals surface area contributed by atoms with E-state index in [9.17, 15) is 9.59 Å². The lowest BCUT2D eigenvalue weighted by molar-refractivity contribution is 0.105. The highest BCUT2D eigenvalue weighted by Gasteiger charge is 2.38. The Labute approximate surface area is 146 Å². The summed E-state index contributed by atoms with van der Waals surface area (Å²) < 4.78 is 8.13. The van der Waals surface area contributed by atoms with Crippen LogP contribution in [0.25, 0.3) is 0 Å². The zero-order valence-corrected chi connectivity index (χ0v) is 14.8. The third kappa shape index (κ3) is 3.07. The van der Waals surface area contributed by atoms with E-state index < -0.39 is 16.8 Å². The van der Waals surface area contributed by atoms with E-state index in [1.54, 1.807) is 0 Å². The fraction of sp³-hybridized carbons (Fsp3) is 0.444. The van der Waals surface area contributed by atoms with Gasteiger partial charge in [-0.05, 0) is 25.8 Å². The molecule has 1 aliphatic heterocycles. The van der Waals surface area contributed by atoms with Crippen molar-refractivity contribution in [3.8, 4) is 0 Å². The number of rotatable bonds is 4. The van der Waals surface area contributed by atoms with Crippen LogP contribution < -0.4 is 22.3 Å². The highest BCUT2D eigenvalue weighted by molar-refractivity contribution is 5.62. The molecule has 1 saturated heterocycles. The summed E-state index contributed by atoms with van der Waals surface area (Å²) in [6.07, 6.45) is 0.695. The first-order chi connectivity index (χ1) is 11.8. The molecule has 1 aromatic carbocycles. The van der Waals surface area contributed by atoms with E-state index in [2.05, 4.69) is 5.32 Å². The molecule has 0 aliphatic carbocycles. The van der Waals surface area contributed by atoms with Gasteiger partial charge in [0, 0.05) is 13.7 Å². The first kappa shape index (κ1) is 17.3. The quantitative estimate of drug-likeness (QED) is 0.868. The SMILES string of the molecule is CC1OCCC1(C)Nc1c(N)n(Cc2ccccc2)c(=O)n(C)c1=O. The molecule has 0 spiro atoms. The minimum absolute atomic E-state index is 0.0638. The van der Waals surface area contributed by atoms with Crippen molar-refractivity contribution in [1.29, 1.82) is 0 Å². The van der Waals surface area contributed by atoms with Crippen molar-refractivity contribution in [2.45, 2.75) is 38.5 Å². The Morgan fingerprint density at radius 3 is 2.60 bits per heavy atom. The zero-order chi connectivity index (χ0) is 18.2. The van der Waals surface area contributed by atoms with Gasteiger partial charge in [-0.2, -0.15) is 0 Å². The van der Waals surface area contributed by atoms with Crippen LogP contribution in [0.1, 0.15) is 25.8 Å². The van der Waals surface area contributed by atoms with Crippen molar-refractivity contribution in [2.24, 2.45) is 7.05 Å². The summed E-state index contributed by atoms with van der Waals surface area (Å²) in [6.45, 7) is 4.88. The fourth-order valence-corrected chi connectivity index (χ4v) is 3.10. The van der Waals surface area contributed by atoms with Crippen LogP contribution in [0.3, 0.4) is 0 Å². The summed E-state index contributed by atoms with van der Waals surface area (Å²) >= 11 is 0. The van der Waals surface area contributed by atoms with Gasteiger partial charge in [-0.15, -0.1) is 0 Å². The van der Waals surface area contributed by atoms with Crippen LogP contribution in [0.4, 0.5) is 11.5 Å². The maximum absolute atomic E-state index is 12.6. The molecule has 2 unspecified atom stereocenters. The van der Waals surface area contributed by atoms with Gasteiger partial charge in [0.25, 0.3) is 5.56 Å². The van der Waals surface area contributed by atoms with Crippen molar-refractivity contribution in [2.75, 3.05) is 17.7 Å². The average molecular weight is 344 g/mol. The van der Waals surface area contributed by atoms with E-state index in [4.69, 9.17) is 10.5 Å². The minimum Gasteiger partial charge on any atom is -0.383 e. The van der Waals surface area contributed by atoms with Crippen LogP contribution in [0.15, 0.2) is 39.9 Å². The molecule has 1 aliphatic rings. The van der Waals surface area contributed by atoms with Gasteiger partial charge in [-0.25, -0.2) is 4.79 Å². The number of nitrogens with two attached hydrogens (primary N) is 1. The molecule has 3 N–H and O–H groups in total. The number of aromatic nitrogens is 2. The van der Waals surface area contributed by atoms with Crippen LogP contribution in [0.2, 0.25) is 0 Å². The molecular weight excluding hydrogens is 320 g/mol. The number of nitrogen functional groups attached to an aromatic ring is 1. The molecule has 7 nitrogen and oxygen atoms in total. The molecule has 2 atom stereocenters. The third-order valence-corrected chi connectivity index (χ3v) is 5.06. The molecular formula is C18H24N4O3. The van der Waals surface area contributed by atoms with Gasteiger partial charge in [0.15, 0.2) is 0 Å². The molecule has 3 rings (SSSR count). The van der Waals surface area contributed by atoms with E-state index in [0.29, 0.717) is 13.2 Å². The lowest BCUT2D eigenvalue weighted by Crippen LogP contribution is -2.47. The molecule has 0 amide bonds. The number of nitrogens with one attached hydrogen (secondary N) is 1. The Balaban J connectivity index is 2.07. The standard InChI is InChI=1S/C18H24N4O3/c1-12-18(2,9-10-25-12)20-14-15(19)22(17(24)21(3)16(14)23)11-13-7-5-4-6-8-13/h4-8,12,20H,9-11,19H2,1-3H3. The van der Waals surface area contributed by atoms with Gasteiger partial charge in [0.1, 0.15) is 11.5 Å². The molecule has 25 heavy (non-hydrogen) atoms. The second kappa shape index (κ2) is 6.40. The summed E-state index contributed by atoms with van der Waals surface area (Å²) in [6, 6.07) is 9.54. The molecule has 7 heteroatoms. The lowest BCUT2D eigenvalue weighted by atomic mass is 9.94. The maximum Gasteiger partial charge on any atom is 0.332 e. The van der Waals surface area contributed by atoms with E-state index in [1.165, 1.54) is 11.6 Å². The monoisotopic (exact) mass is 344 g/mol. The van der Waals surface area contributed by atoms with Crippen molar-refractivity contribution in [1.82, 2.24) is 9.13 Å². The van der Waals surface area contributed by atoms with Crippen LogP contribution in [-0.4, -0.2) is 27.4 Å². The van der Waals surface area contributed by atoms with Crippen molar-refractivity contribution < 1.29 is 4.74 Å². The number of nitrogens with zero attached hydrogens (tertiary/aromatic N) is 2. The second-order valence-corrected chi connectivity index (χ2v) is 6.78. The van der Waals surface area contributed by atoms with E-state index in [-0.39, 0.29) is 17.6 Å². The van der Waals surface area contributed by atoms with Gasteiger partial charge in [0.05, 0.1) is 18.2 Å². The summed E-state index contributed by atoms with van der Waals surface area (Å²) in [7, 11) is 1.47. The van der Waals surface area contributed by atoms with Crippen molar-refractivity contribution in [3.63, 3.8) is 0 Å².